The molecule has 10 nitrogen and oxygen atoms in total. The molecule has 242 valence electrons. The van der Waals surface area contributed by atoms with E-state index in [1.165, 1.54) is 0 Å². The van der Waals surface area contributed by atoms with Crippen LogP contribution in [0.2, 0.25) is 5.02 Å². The monoisotopic (exact) mass is 653 g/mol. The minimum Gasteiger partial charge on any atom is -0.488 e. The average molecular weight is 654 g/mol. The van der Waals surface area contributed by atoms with Gasteiger partial charge in [-0.1, -0.05) is 23.7 Å². The van der Waals surface area contributed by atoms with Crippen LogP contribution in [-0.4, -0.2) is 105 Å². The molecule has 3 fully saturated rings. The number of nitrogens with one attached hydrogen (secondary N) is 2. The van der Waals surface area contributed by atoms with Crippen LogP contribution in [0.3, 0.4) is 0 Å². The van der Waals surface area contributed by atoms with Crippen molar-refractivity contribution in [1.29, 1.82) is 0 Å². The number of likely N-dealkylation sites (N-methyl/N-ethyl adjacent to an activating group) is 1. The molecule has 0 atom stereocenters. The molecule has 1 aromatic heterocycles. The molecule has 4 heterocycles. The van der Waals surface area contributed by atoms with Gasteiger partial charge < -0.3 is 34.5 Å². The van der Waals surface area contributed by atoms with Crippen molar-refractivity contribution < 1.29 is 14.0 Å². The predicted molar refractivity (Wildman–Crippen MR) is 184 cm³/mol. The van der Waals surface area contributed by atoms with E-state index in [2.05, 4.69) is 60.5 Å². The lowest BCUT2D eigenvalue weighted by Crippen LogP contribution is -2.52. The zero-order chi connectivity index (χ0) is 31.4. The van der Waals surface area contributed by atoms with Crippen LogP contribution in [0.5, 0.6) is 5.75 Å². The van der Waals surface area contributed by atoms with Gasteiger partial charge in [-0.05, 0) is 57.5 Å². The topological polar surface area (TPSA) is 95.1 Å². The van der Waals surface area contributed by atoms with Crippen LogP contribution in [-0.2, 0) is 9.30 Å². The molecule has 0 saturated carbocycles. The van der Waals surface area contributed by atoms with Crippen LogP contribution in [0.1, 0.15) is 25.7 Å². The number of ether oxygens (including phenoxy) is 2. The molecule has 0 unspecified atom stereocenters. The summed E-state index contributed by atoms with van der Waals surface area (Å²) >= 11 is 6.50. The first-order valence-corrected chi connectivity index (χ1v) is 19.0. The molecule has 0 amide bonds. The average Bonchev–Trinajstić information content (AvgIpc) is 3.04. The summed E-state index contributed by atoms with van der Waals surface area (Å²) in [5, 5.41) is 7.74. The Morgan fingerprint density at radius 2 is 1.69 bits per heavy atom. The SMILES string of the molecule is CN1CCN(C2CCN(c3ccc(Nc4ncc(Cl)c(Nc5ccccc5P(C)(C)=O)n4)cc3OC3CCOCC3)CC2)CC1. The maximum Gasteiger partial charge on any atom is 0.229 e. The Morgan fingerprint density at radius 3 is 2.42 bits per heavy atom. The Bertz CT molecular complexity index is 1500. The summed E-state index contributed by atoms with van der Waals surface area (Å²) in [6.07, 6.45) is 5.75. The van der Waals surface area contributed by atoms with Gasteiger partial charge in [-0.15, -0.1) is 0 Å². The maximum atomic E-state index is 12.9. The van der Waals surface area contributed by atoms with Crippen LogP contribution >= 0.6 is 18.7 Å². The summed E-state index contributed by atoms with van der Waals surface area (Å²) in [4.78, 5) is 16.7. The zero-order valence-corrected chi connectivity index (χ0v) is 28.2. The lowest BCUT2D eigenvalue weighted by Gasteiger charge is -2.43. The van der Waals surface area contributed by atoms with Crippen molar-refractivity contribution in [2.45, 2.75) is 37.8 Å². The normalized spacial score (nSPS) is 19.4. The molecule has 3 aliphatic rings. The molecule has 6 rings (SSSR count). The lowest BCUT2D eigenvalue weighted by molar-refractivity contribution is 0.0257. The van der Waals surface area contributed by atoms with Crippen LogP contribution in [0.25, 0.3) is 0 Å². The number of para-hydroxylation sites is 1. The van der Waals surface area contributed by atoms with Gasteiger partial charge in [-0.25, -0.2) is 4.98 Å². The molecule has 12 heteroatoms. The minimum absolute atomic E-state index is 0.117. The number of rotatable bonds is 9. The molecular formula is C33H45ClN7O3P. The second-order valence-corrected chi connectivity index (χ2v) is 16.3. The van der Waals surface area contributed by atoms with Gasteiger partial charge in [0.15, 0.2) is 5.82 Å². The van der Waals surface area contributed by atoms with Gasteiger partial charge in [0.05, 0.1) is 30.8 Å². The Hall–Kier alpha value is -2.88. The summed E-state index contributed by atoms with van der Waals surface area (Å²) < 4.78 is 25.1. The molecule has 0 aliphatic carbocycles. The van der Waals surface area contributed by atoms with E-state index in [4.69, 9.17) is 21.1 Å². The quantitative estimate of drug-likeness (QED) is 0.283. The van der Waals surface area contributed by atoms with Gasteiger partial charge in [0.1, 0.15) is 24.0 Å². The third-order valence-electron chi connectivity index (χ3n) is 9.02. The van der Waals surface area contributed by atoms with E-state index in [0.717, 1.165) is 101 Å². The van der Waals surface area contributed by atoms with Crippen molar-refractivity contribution in [3.63, 3.8) is 0 Å². The molecule has 3 aromatic rings. The van der Waals surface area contributed by atoms with Gasteiger partial charge in [-0.2, -0.15) is 4.98 Å². The highest BCUT2D eigenvalue weighted by molar-refractivity contribution is 7.70. The fourth-order valence-corrected chi connectivity index (χ4v) is 7.69. The summed E-state index contributed by atoms with van der Waals surface area (Å²) in [5.41, 5.74) is 2.67. The summed E-state index contributed by atoms with van der Waals surface area (Å²) in [5.74, 6) is 1.70. The molecule has 3 saturated heterocycles. The highest BCUT2D eigenvalue weighted by atomic mass is 35.5. The van der Waals surface area contributed by atoms with E-state index < -0.39 is 7.14 Å². The Morgan fingerprint density at radius 1 is 0.956 bits per heavy atom. The number of hydrogen-bond donors (Lipinski definition) is 2. The summed E-state index contributed by atoms with van der Waals surface area (Å²) in [6.45, 7) is 11.6. The van der Waals surface area contributed by atoms with Crippen molar-refractivity contribution in [3.05, 3.63) is 53.7 Å². The second kappa shape index (κ2) is 14.3. The number of benzene rings is 2. The van der Waals surface area contributed by atoms with E-state index in [9.17, 15) is 4.57 Å². The number of piperazine rings is 1. The van der Waals surface area contributed by atoms with E-state index in [1.807, 2.05) is 24.3 Å². The minimum atomic E-state index is -2.52. The molecule has 3 aliphatic heterocycles. The largest absolute Gasteiger partial charge is 0.488 e. The summed E-state index contributed by atoms with van der Waals surface area (Å²) in [7, 11) is -0.306. The second-order valence-electron chi connectivity index (χ2n) is 12.7. The highest BCUT2D eigenvalue weighted by Gasteiger charge is 2.28. The highest BCUT2D eigenvalue weighted by Crippen LogP contribution is 2.39. The first-order chi connectivity index (χ1) is 21.7. The van der Waals surface area contributed by atoms with E-state index in [1.54, 1.807) is 19.5 Å². The molecule has 0 radical (unpaired) electrons. The first-order valence-electron chi connectivity index (χ1n) is 16.0. The molecule has 45 heavy (non-hydrogen) atoms. The van der Waals surface area contributed by atoms with E-state index in [0.29, 0.717) is 28.5 Å². The van der Waals surface area contributed by atoms with Gasteiger partial charge in [0, 0.05) is 75.2 Å². The van der Waals surface area contributed by atoms with Crippen molar-refractivity contribution in [3.8, 4) is 5.75 Å². The van der Waals surface area contributed by atoms with Crippen molar-refractivity contribution in [1.82, 2.24) is 19.8 Å². The van der Waals surface area contributed by atoms with Crippen LogP contribution in [0, 0.1) is 0 Å². The van der Waals surface area contributed by atoms with Crippen molar-refractivity contribution in [2.24, 2.45) is 0 Å². The maximum absolute atomic E-state index is 12.9. The molecule has 0 bridgehead atoms. The number of anilines is 5. The Balaban J connectivity index is 1.19. The first kappa shape index (κ1) is 32.1. The smallest absolute Gasteiger partial charge is 0.229 e. The lowest BCUT2D eigenvalue weighted by atomic mass is 10.0. The van der Waals surface area contributed by atoms with Gasteiger partial charge in [-0.3, -0.25) is 4.90 Å². The number of nitrogens with zero attached hydrogens (tertiary/aromatic N) is 5. The van der Waals surface area contributed by atoms with Gasteiger partial charge in [0.25, 0.3) is 0 Å². The molecule has 2 N–H and O–H groups in total. The number of aromatic nitrogens is 2. The Labute approximate surface area is 271 Å². The fraction of sp³-hybridized carbons (Fsp3) is 0.515. The third kappa shape index (κ3) is 8.10. The van der Waals surface area contributed by atoms with Crippen LogP contribution in [0.4, 0.5) is 28.8 Å². The number of hydrogen-bond acceptors (Lipinski definition) is 10. The van der Waals surface area contributed by atoms with E-state index >= 15 is 0 Å². The zero-order valence-electron chi connectivity index (χ0n) is 26.5. The molecular weight excluding hydrogens is 609 g/mol. The predicted octanol–water partition coefficient (Wildman–Crippen LogP) is 5.64. The number of piperidine rings is 1. The van der Waals surface area contributed by atoms with Crippen molar-refractivity contribution in [2.75, 3.05) is 88.4 Å². The van der Waals surface area contributed by atoms with Gasteiger partial charge in [0.2, 0.25) is 5.95 Å². The molecule has 2 aromatic carbocycles. The third-order valence-corrected chi connectivity index (χ3v) is 10.8. The Kier molecular flexibility index (Phi) is 10.2. The fourth-order valence-electron chi connectivity index (χ4n) is 6.40. The summed E-state index contributed by atoms with van der Waals surface area (Å²) in [6, 6.07) is 14.4. The van der Waals surface area contributed by atoms with E-state index in [-0.39, 0.29) is 6.10 Å². The van der Waals surface area contributed by atoms with Gasteiger partial charge >= 0.3 is 0 Å². The standard InChI is InChI=1S/C33H45ClN7O3P/c1-39-16-18-40(19-17-39)25-10-14-41(15-11-25)29-9-8-24(22-30(29)44-26-12-20-43-21-13-26)36-33-35-23-27(34)32(38-33)37-28-6-4-5-7-31(28)45(2,3)42/h4-9,22-23,25-26H,10-21H2,1-3H3,(H2,35,36,37,38). The van der Waals surface area contributed by atoms with Crippen LogP contribution < -0.4 is 25.6 Å². The van der Waals surface area contributed by atoms with Crippen LogP contribution in [0.15, 0.2) is 48.7 Å². The molecule has 0 spiro atoms. The number of halogens is 1. The van der Waals surface area contributed by atoms with Crippen molar-refractivity contribution >= 4 is 52.9 Å².